The summed E-state index contributed by atoms with van der Waals surface area (Å²) in [5.74, 6) is 0.974. The van der Waals surface area contributed by atoms with Crippen LogP contribution in [0.5, 0.6) is 0 Å². The van der Waals surface area contributed by atoms with Crippen LogP contribution in [0.3, 0.4) is 0 Å². The van der Waals surface area contributed by atoms with Gasteiger partial charge in [-0.3, -0.25) is 0 Å². The number of aliphatic hydroxyl groups is 1. The number of nitrogens with zero attached hydrogens (tertiary/aromatic N) is 1. The highest BCUT2D eigenvalue weighted by Crippen LogP contribution is 2.44. The molecule has 0 amide bonds. The van der Waals surface area contributed by atoms with Gasteiger partial charge in [0, 0.05) is 31.5 Å². The molecule has 1 heterocycles. The van der Waals surface area contributed by atoms with Crippen molar-refractivity contribution >= 4 is 11.6 Å². The Kier molecular flexibility index (Phi) is 4.65. The van der Waals surface area contributed by atoms with Gasteiger partial charge in [-0.25, -0.2) is 4.98 Å². The normalized spacial score (nSPS) is 17.1. The molecule has 1 aliphatic carbocycles. The summed E-state index contributed by atoms with van der Waals surface area (Å²) in [6.07, 6.45) is 5.48. The van der Waals surface area contributed by atoms with E-state index in [1.807, 2.05) is 0 Å². The quantitative estimate of drug-likeness (QED) is 0.680. The van der Waals surface area contributed by atoms with Crippen LogP contribution in [-0.2, 0) is 13.0 Å². The molecule has 0 atom stereocenters. The summed E-state index contributed by atoms with van der Waals surface area (Å²) in [6.45, 7) is 3.98. The summed E-state index contributed by atoms with van der Waals surface area (Å²) in [5, 5.41) is 13.1. The van der Waals surface area contributed by atoms with Crippen LogP contribution in [0.4, 0.5) is 0 Å². The van der Waals surface area contributed by atoms with Crippen molar-refractivity contribution in [3.63, 3.8) is 0 Å². The molecule has 4 nitrogen and oxygen atoms in total. The summed E-state index contributed by atoms with van der Waals surface area (Å²) in [4.78, 5) is 7.59. The largest absolute Gasteiger partial charge is 0.396 e. The lowest BCUT2D eigenvalue weighted by atomic mass is 10.1. The lowest BCUT2D eigenvalue weighted by molar-refractivity contribution is 0.207. The SMILES string of the molecule is CCCCc1nc(Cl)c(CNCC2(CO)CC2)[nH]1. The highest BCUT2D eigenvalue weighted by atomic mass is 35.5. The van der Waals surface area contributed by atoms with Gasteiger partial charge in [0.1, 0.15) is 5.82 Å². The second kappa shape index (κ2) is 6.04. The molecule has 102 valence electrons. The first kappa shape index (κ1) is 13.8. The summed E-state index contributed by atoms with van der Waals surface area (Å²) in [6, 6.07) is 0. The molecule has 0 saturated heterocycles. The number of aromatic nitrogens is 2. The van der Waals surface area contributed by atoms with Gasteiger partial charge < -0.3 is 15.4 Å². The second-order valence-electron chi connectivity index (χ2n) is 5.32. The number of aliphatic hydroxyl groups excluding tert-OH is 1. The molecule has 0 bridgehead atoms. The zero-order chi connectivity index (χ0) is 13.0. The van der Waals surface area contributed by atoms with Crippen LogP contribution >= 0.6 is 11.6 Å². The number of nitrogens with one attached hydrogen (secondary N) is 2. The minimum absolute atomic E-state index is 0.136. The van der Waals surface area contributed by atoms with Crippen molar-refractivity contribution in [2.24, 2.45) is 5.41 Å². The van der Waals surface area contributed by atoms with Crippen LogP contribution in [0.2, 0.25) is 5.15 Å². The Balaban J connectivity index is 1.79. The summed E-state index contributed by atoms with van der Waals surface area (Å²) >= 11 is 6.09. The predicted molar refractivity (Wildman–Crippen MR) is 72.7 cm³/mol. The fraction of sp³-hybridized carbons (Fsp3) is 0.769. The number of hydrogen-bond donors (Lipinski definition) is 3. The van der Waals surface area contributed by atoms with Gasteiger partial charge in [-0.1, -0.05) is 24.9 Å². The van der Waals surface area contributed by atoms with Gasteiger partial charge >= 0.3 is 0 Å². The molecule has 0 aromatic carbocycles. The first-order chi connectivity index (χ1) is 8.69. The van der Waals surface area contributed by atoms with E-state index in [9.17, 15) is 5.11 Å². The van der Waals surface area contributed by atoms with Crippen molar-refractivity contribution in [1.82, 2.24) is 15.3 Å². The van der Waals surface area contributed by atoms with Crippen molar-refractivity contribution < 1.29 is 5.11 Å². The van der Waals surface area contributed by atoms with E-state index in [1.165, 1.54) is 0 Å². The van der Waals surface area contributed by atoms with Gasteiger partial charge in [0.05, 0.1) is 5.69 Å². The minimum atomic E-state index is 0.136. The Morgan fingerprint density at radius 3 is 2.89 bits per heavy atom. The van der Waals surface area contributed by atoms with Gasteiger partial charge in [0.2, 0.25) is 0 Å². The molecule has 1 aromatic rings. The lowest BCUT2D eigenvalue weighted by Gasteiger charge is -2.11. The van der Waals surface area contributed by atoms with Crippen molar-refractivity contribution in [2.75, 3.05) is 13.2 Å². The number of H-pyrrole nitrogens is 1. The molecule has 2 rings (SSSR count). The Hall–Kier alpha value is -0.580. The lowest BCUT2D eigenvalue weighted by Crippen LogP contribution is -2.26. The van der Waals surface area contributed by atoms with E-state index in [0.717, 1.165) is 50.2 Å². The molecule has 1 aliphatic rings. The Morgan fingerprint density at radius 2 is 2.28 bits per heavy atom. The van der Waals surface area contributed by atoms with Crippen molar-refractivity contribution in [3.8, 4) is 0 Å². The maximum Gasteiger partial charge on any atom is 0.151 e. The minimum Gasteiger partial charge on any atom is -0.396 e. The van der Waals surface area contributed by atoms with Crippen LogP contribution in [0.25, 0.3) is 0 Å². The van der Waals surface area contributed by atoms with E-state index >= 15 is 0 Å². The smallest absolute Gasteiger partial charge is 0.151 e. The summed E-state index contributed by atoms with van der Waals surface area (Å²) in [7, 11) is 0. The van der Waals surface area contributed by atoms with E-state index in [-0.39, 0.29) is 12.0 Å². The third kappa shape index (κ3) is 3.46. The van der Waals surface area contributed by atoms with Crippen LogP contribution in [0, 0.1) is 5.41 Å². The van der Waals surface area contributed by atoms with Crippen molar-refractivity contribution in [3.05, 3.63) is 16.7 Å². The number of hydrogen-bond acceptors (Lipinski definition) is 3. The molecule has 5 heteroatoms. The van der Waals surface area contributed by atoms with E-state index in [1.54, 1.807) is 0 Å². The average molecular weight is 272 g/mol. The highest BCUT2D eigenvalue weighted by Gasteiger charge is 2.41. The maximum absolute atomic E-state index is 9.22. The molecule has 1 fully saturated rings. The Morgan fingerprint density at radius 1 is 1.50 bits per heavy atom. The molecule has 1 saturated carbocycles. The molecule has 0 spiro atoms. The van der Waals surface area contributed by atoms with Crippen LogP contribution in [0.1, 0.15) is 44.1 Å². The molecule has 18 heavy (non-hydrogen) atoms. The first-order valence-electron chi connectivity index (χ1n) is 6.74. The van der Waals surface area contributed by atoms with Crippen molar-refractivity contribution in [1.29, 1.82) is 0 Å². The maximum atomic E-state index is 9.22. The van der Waals surface area contributed by atoms with Gasteiger partial charge in [-0.15, -0.1) is 0 Å². The summed E-state index contributed by atoms with van der Waals surface area (Å²) < 4.78 is 0. The van der Waals surface area contributed by atoms with E-state index in [4.69, 9.17) is 11.6 Å². The summed E-state index contributed by atoms with van der Waals surface area (Å²) in [5.41, 5.74) is 1.09. The molecule has 0 aliphatic heterocycles. The molecule has 0 unspecified atom stereocenters. The van der Waals surface area contributed by atoms with Gasteiger partial charge in [0.25, 0.3) is 0 Å². The first-order valence-corrected chi connectivity index (χ1v) is 7.12. The Bertz CT molecular complexity index is 388. The Labute approximate surface area is 113 Å². The third-order valence-corrected chi connectivity index (χ3v) is 3.95. The van der Waals surface area contributed by atoms with Crippen LogP contribution < -0.4 is 5.32 Å². The third-order valence-electron chi connectivity index (χ3n) is 3.64. The number of halogens is 1. The number of aromatic amines is 1. The standard InChI is InChI=1S/C13H22ClN3O/c1-2-3-4-11-16-10(12(14)17-11)7-15-8-13(9-18)5-6-13/h15,18H,2-9H2,1H3,(H,16,17). The average Bonchev–Trinajstić information content (AvgIpc) is 3.06. The molecular formula is C13H22ClN3O. The fourth-order valence-corrected chi connectivity index (χ4v) is 2.26. The van der Waals surface area contributed by atoms with E-state index in [0.29, 0.717) is 11.7 Å². The predicted octanol–water partition coefficient (Wildman–Crippen LogP) is 2.27. The number of imidazole rings is 1. The topological polar surface area (TPSA) is 60.9 Å². The zero-order valence-electron chi connectivity index (χ0n) is 10.9. The number of aryl methyl sites for hydroxylation is 1. The number of rotatable bonds is 8. The van der Waals surface area contributed by atoms with Crippen LogP contribution in [0.15, 0.2) is 0 Å². The zero-order valence-corrected chi connectivity index (χ0v) is 11.7. The number of unbranched alkanes of at least 4 members (excludes halogenated alkanes) is 1. The van der Waals surface area contributed by atoms with Crippen molar-refractivity contribution in [2.45, 2.75) is 45.6 Å². The van der Waals surface area contributed by atoms with Gasteiger partial charge in [-0.2, -0.15) is 0 Å². The molecule has 3 N–H and O–H groups in total. The molecular weight excluding hydrogens is 250 g/mol. The second-order valence-corrected chi connectivity index (χ2v) is 5.68. The van der Waals surface area contributed by atoms with E-state index in [2.05, 4.69) is 22.2 Å². The monoisotopic (exact) mass is 271 g/mol. The molecule has 0 radical (unpaired) electrons. The van der Waals surface area contributed by atoms with E-state index < -0.39 is 0 Å². The van der Waals surface area contributed by atoms with Gasteiger partial charge in [-0.05, 0) is 19.3 Å². The fourth-order valence-electron chi connectivity index (χ4n) is 2.04. The highest BCUT2D eigenvalue weighted by molar-refractivity contribution is 6.30. The van der Waals surface area contributed by atoms with Crippen LogP contribution in [-0.4, -0.2) is 28.2 Å². The van der Waals surface area contributed by atoms with Gasteiger partial charge in [0.15, 0.2) is 5.15 Å². The molecule has 1 aromatic heterocycles.